The van der Waals surface area contributed by atoms with E-state index in [1.54, 1.807) is 39.0 Å². The summed E-state index contributed by atoms with van der Waals surface area (Å²) in [6.45, 7) is 0. The van der Waals surface area contributed by atoms with Crippen molar-refractivity contribution < 1.29 is 9.47 Å². The fraction of sp³-hybridized carbons (Fsp3) is 0.125. The topological polar surface area (TPSA) is 44.2 Å². The molecule has 0 amide bonds. The van der Waals surface area contributed by atoms with Crippen LogP contribution in [0.3, 0.4) is 0 Å². The normalized spacial score (nSPS) is 10.4. The average molecular weight is 345 g/mol. The standard InChI is InChI=1S/C16H14N2O2Se/c1-19-13-14(20-2)16(12-5-9-18-10-6-12)21-15(13)11-3-7-17-8-4-11/h3-10H,1-2H3. The van der Waals surface area contributed by atoms with Gasteiger partial charge in [-0.05, 0) is 0 Å². The van der Waals surface area contributed by atoms with Gasteiger partial charge in [-0.1, -0.05) is 0 Å². The number of pyridine rings is 2. The first kappa shape index (κ1) is 13.9. The van der Waals surface area contributed by atoms with Crippen molar-refractivity contribution in [3.63, 3.8) is 0 Å². The average Bonchev–Trinajstić information content (AvgIpc) is 2.95. The Bertz CT molecular complexity index is 665. The molecule has 21 heavy (non-hydrogen) atoms. The van der Waals surface area contributed by atoms with Crippen LogP contribution in [0, 0.1) is 0 Å². The molecule has 106 valence electrons. The molecule has 0 radical (unpaired) electrons. The molecular weight excluding hydrogens is 331 g/mol. The van der Waals surface area contributed by atoms with Crippen LogP contribution in [0.1, 0.15) is 0 Å². The molecule has 0 aliphatic heterocycles. The number of ether oxygens (including phenoxy) is 2. The molecule has 0 spiro atoms. The van der Waals surface area contributed by atoms with Crippen LogP contribution in [-0.2, 0) is 0 Å². The molecular formula is C16H14N2O2Se. The van der Waals surface area contributed by atoms with E-state index < -0.39 is 0 Å². The SMILES string of the molecule is COc1c(-c2ccncc2)[se]c(-c2ccncc2)c1OC. The van der Waals surface area contributed by atoms with Crippen molar-refractivity contribution >= 4 is 14.5 Å². The van der Waals surface area contributed by atoms with E-state index in [0.29, 0.717) is 0 Å². The van der Waals surface area contributed by atoms with Crippen molar-refractivity contribution in [2.45, 2.75) is 0 Å². The second kappa shape index (κ2) is 6.12. The first-order valence-electron chi connectivity index (χ1n) is 6.40. The van der Waals surface area contributed by atoms with Gasteiger partial charge in [0.1, 0.15) is 0 Å². The molecule has 5 heteroatoms. The number of methoxy groups -OCH3 is 2. The zero-order chi connectivity index (χ0) is 14.7. The number of hydrogen-bond acceptors (Lipinski definition) is 4. The number of nitrogens with zero attached hydrogens (tertiary/aromatic N) is 2. The molecule has 0 aliphatic rings. The fourth-order valence-electron chi connectivity index (χ4n) is 2.16. The van der Waals surface area contributed by atoms with Gasteiger partial charge in [-0.3, -0.25) is 0 Å². The second-order valence-electron chi connectivity index (χ2n) is 4.30. The summed E-state index contributed by atoms with van der Waals surface area (Å²) in [6.07, 6.45) is 7.18. The first-order valence-corrected chi connectivity index (χ1v) is 8.12. The fourth-order valence-corrected chi connectivity index (χ4v) is 4.78. The Balaban J connectivity index is 2.21. The molecule has 0 saturated carbocycles. The number of rotatable bonds is 4. The quantitative estimate of drug-likeness (QED) is 0.682. The van der Waals surface area contributed by atoms with Crippen LogP contribution in [0.25, 0.3) is 20.0 Å². The Morgan fingerprint density at radius 3 is 1.43 bits per heavy atom. The van der Waals surface area contributed by atoms with Crippen LogP contribution in [-0.4, -0.2) is 38.7 Å². The van der Waals surface area contributed by atoms with Gasteiger partial charge in [-0.25, -0.2) is 0 Å². The van der Waals surface area contributed by atoms with Gasteiger partial charge in [-0.15, -0.1) is 0 Å². The Kier molecular flexibility index (Phi) is 4.04. The van der Waals surface area contributed by atoms with E-state index in [2.05, 4.69) is 9.97 Å². The molecule has 0 saturated heterocycles. The van der Waals surface area contributed by atoms with Gasteiger partial charge in [0.05, 0.1) is 0 Å². The zero-order valence-electron chi connectivity index (χ0n) is 11.7. The van der Waals surface area contributed by atoms with E-state index in [-0.39, 0.29) is 14.5 Å². The second-order valence-corrected chi connectivity index (χ2v) is 6.44. The van der Waals surface area contributed by atoms with E-state index >= 15 is 0 Å². The first-order chi connectivity index (χ1) is 10.3. The van der Waals surface area contributed by atoms with Crippen molar-refractivity contribution in [2.75, 3.05) is 14.2 Å². The predicted octanol–water partition coefficient (Wildman–Crippen LogP) is 2.88. The molecule has 3 aromatic heterocycles. The molecule has 3 aromatic rings. The molecule has 0 aromatic carbocycles. The predicted molar refractivity (Wildman–Crippen MR) is 82.9 cm³/mol. The van der Waals surface area contributed by atoms with Crippen LogP contribution >= 0.6 is 0 Å². The van der Waals surface area contributed by atoms with E-state index in [9.17, 15) is 0 Å². The zero-order valence-corrected chi connectivity index (χ0v) is 13.5. The van der Waals surface area contributed by atoms with Gasteiger partial charge in [-0.2, -0.15) is 0 Å². The van der Waals surface area contributed by atoms with Gasteiger partial charge in [0.25, 0.3) is 0 Å². The molecule has 4 nitrogen and oxygen atoms in total. The molecule has 3 rings (SSSR count). The summed E-state index contributed by atoms with van der Waals surface area (Å²) < 4.78 is 13.6. The van der Waals surface area contributed by atoms with Crippen LogP contribution in [0.15, 0.2) is 49.1 Å². The molecule has 0 N–H and O–H groups in total. The molecule has 0 bridgehead atoms. The minimum atomic E-state index is 0.111. The van der Waals surface area contributed by atoms with Crippen LogP contribution in [0.2, 0.25) is 0 Å². The van der Waals surface area contributed by atoms with E-state index in [1.165, 1.54) is 8.87 Å². The van der Waals surface area contributed by atoms with Crippen LogP contribution < -0.4 is 9.47 Å². The Morgan fingerprint density at radius 2 is 1.10 bits per heavy atom. The van der Waals surface area contributed by atoms with E-state index in [4.69, 9.17) is 9.47 Å². The summed E-state index contributed by atoms with van der Waals surface area (Å²) in [7, 11) is 3.36. The van der Waals surface area contributed by atoms with Crippen molar-refractivity contribution in [1.82, 2.24) is 9.97 Å². The minimum absolute atomic E-state index is 0.111. The Labute approximate surface area is 129 Å². The Hall–Kier alpha value is -2.10. The third-order valence-corrected chi connectivity index (χ3v) is 5.74. The van der Waals surface area contributed by atoms with Crippen molar-refractivity contribution in [1.29, 1.82) is 0 Å². The summed E-state index contributed by atoms with van der Waals surface area (Å²) in [5.74, 6) is 1.63. The Morgan fingerprint density at radius 1 is 0.714 bits per heavy atom. The van der Waals surface area contributed by atoms with Gasteiger partial charge in [0.15, 0.2) is 0 Å². The summed E-state index contributed by atoms with van der Waals surface area (Å²) in [6, 6.07) is 8.00. The maximum absolute atomic E-state index is 5.61. The summed E-state index contributed by atoms with van der Waals surface area (Å²) >= 11 is 0.111. The monoisotopic (exact) mass is 346 g/mol. The maximum atomic E-state index is 5.61. The molecule has 0 fully saturated rings. The summed E-state index contributed by atoms with van der Waals surface area (Å²) in [4.78, 5) is 8.15. The number of aromatic nitrogens is 2. The van der Waals surface area contributed by atoms with Crippen molar-refractivity contribution in [3.05, 3.63) is 49.1 Å². The molecule has 0 atom stereocenters. The van der Waals surface area contributed by atoms with Gasteiger partial charge >= 0.3 is 129 Å². The summed E-state index contributed by atoms with van der Waals surface area (Å²) in [5, 5.41) is 0. The third kappa shape index (κ3) is 2.58. The van der Waals surface area contributed by atoms with Gasteiger partial charge in [0.2, 0.25) is 0 Å². The summed E-state index contributed by atoms with van der Waals surface area (Å²) in [5.41, 5.74) is 2.25. The van der Waals surface area contributed by atoms with Crippen molar-refractivity contribution in [3.8, 4) is 31.5 Å². The van der Waals surface area contributed by atoms with Crippen LogP contribution in [0.5, 0.6) is 11.5 Å². The van der Waals surface area contributed by atoms with Crippen molar-refractivity contribution in [2.24, 2.45) is 0 Å². The van der Waals surface area contributed by atoms with E-state index in [0.717, 1.165) is 22.6 Å². The molecule has 0 unspecified atom stereocenters. The van der Waals surface area contributed by atoms with Gasteiger partial charge < -0.3 is 0 Å². The number of hydrogen-bond donors (Lipinski definition) is 0. The van der Waals surface area contributed by atoms with Gasteiger partial charge in [0, 0.05) is 0 Å². The molecule has 0 aliphatic carbocycles. The van der Waals surface area contributed by atoms with Crippen LogP contribution in [0.4, 0.5) is 0 Å². The molecule has 3 heterocycles. The van der Waals surface area contributed by atoms with E-state index in [1.807, 2.05) is 24.3 Å². The third-order valence-electron chi connectivity index (χ3n) is 3.12.